The van der Waals surface area contributed by atoms with Gasteiger partial charge >= 0.3 is 5.97 Å². The normalized spacial score (nSPS) is 11.3. The van der Waals surface area contributed by atoms with E-state index in [1.54, 1.807) is 24.3 Å². The molecule has 1 atom stereocenters. The summed E-state index contributed by atoms with van der Waals surface area (Å²) in [7, 11) is 1.33. The minimum Gasteiger partial charge on any atom is -0.469 e. The third-order valence-electron chi connectivity index (χ3n) is 4.04. The van der Waals surface area contributed by atoms with Gasteiger partial charge in [0.2, 0.25) is 5.91 Å². The number of carbonyl (C=O) groups excluding carboxylic acids is 3. The van der Waals surface area contributed by atoms with Crippen molar-refractivity contribution in [1.29, 1.82) is 0 Å². The minimum atomic E-state index is -0.445. The first-order valence-corrected chi connectivity index (χ1v) is 8.84. The second-order valence-corrected chi connectivity index (χ2v) is 6.04. The van der Waals surface area contributed by atoms with Crippen molar-refractivity contribution in [3.8, 4) is 0 Å². The largest absolute Gasteiger partial charge is 0.469 e. The van der Waals surface area contributed by atoms with Gasteiger partial charge in [0.1, 0.15) is 0 Å². The Morgan fingerprint density at radius 3 is 2.22 bits per heavy atom. The molecule has 6 nitrogen and oxygen atoms in total. The van der Waals surface area contributed by atoms with Gasteiger partial charge in [-0.25, -0.2) is 0 Å². The van der Waals surface area contributed by atoms with Gasteiger partial charge in [0, 0.05) is 18.5 Å². The summed E-state index contributed by atoms with van der Waals surface area (Å²) >= 11 is 0. The molecule has 0 fully saturated rings. The van der Waals surface area contributed by atoms with Crippen molar-refractivity contribution in [3.05, 3.63) is 71.8 Å². The molecular weight excluding hydrogens is 344 g/mol. The summed E-state index contributed by atoms with van der Waals surface area (Å²) in [6.45, 7) is 0.377. The van der Waals surface area contributed by atoms with Gasteiger partial charge in [-0.1, -0.05) is 48.5 Å². The molecule has 27 heavy (non-hydrogen) atoms. The van der Waals surface area contributed by atoms with Crippen LogP contribution >= 0.6 is 0 Å². The number of rotatable bonds is 9. The lowest BCUT2D eigenvalue weighted by molar-refractivity contribution is -0.140. The van der Waals surface area contributed by atoms with Crippen molar-refractivity contribution in [3.63, 3.8) is 0 Å². The lowest BCUT2D eigenvalue weighted by Crippen LogP contribution is -2.34. The maximum atomic E-state index is 12.5. The summed E-state index contributed by atoms with van der Waals surface area (Å²) in [6, 6.07) is 17.8. The van der Waals surface area contributed by atoms with E-state index in [0.29, 0.717) is 18.5 Å². The number of methoxy groups -OCH3 is 1. The third-order valence-corrected chi connectivity index (χ3v) is 4.04. The number of amides is 2. The van der Waals surface area contributed by atoms with Crippen LogP contribution in [-0.4, -0.2) is 31.4 Å². The maximum absolute atomic E-state index is 12.5. The number of nitrogens with one attached hydrogen (secondary N) is 2. The van der Waals surface area contributed by atoms with Crippen molar-refractivity contribution in [2.24, 2.45) is 0 Å². The van der Waals surface area contributed by atoms with E-state index >= 15 is 0 Å². The summed E-state index contributed by atoms with van der Waals surface area (Å²) in [5.41, 5.74) is 1.39. The first-order valence-electron chi connectivity index (χ1n) is 8.84. The second kappa shape index (κ2) is 10.8. The number of benzene rings is 2. The molecule has 2 aromatic carbocycles. The lowest BCUT2D eigenvalue weighted by atomic mass is 10.0. The molecule has 1 unspecified atom stereocenters. The summed E-state index contributed by atoms with van der Waals surface area (Å²) in [5, 5.41) is 5.70. The van der Waals surface area contributed by atoms with Gasteiger partial charge < -0.3 is 15.4 Å². The Morgan fingerprint density at radius 2 is 1.59 bits per heavy atom. The molecule has 2 N–H and O–H groups in total. The van der Waals surface area contributed by atoms with Crippen molar-refractivity contribution < 1.29 is 19.1 Å². The zero-order chi connectivity index (χ0) is 19.5. The predicted molar refractivity (Wildman–Crippen MR) is 102 cm³/mol. The highest BCUT2D eigenvalue weighted by Gasteiger charge is 2.19. The highest BCUT2D eigenvalue weighted by molar-refractivity contribution is 5.94. The van der Waals surface area contributed by atoms with Crippen LogP contribution in [0.25, 0.3) is 0 Å². The molecule has 2 aromatic rings. The molecule has 0 saturated carbocycles. The maximum Gasteiger partial charge on any atom is 0.305 e. The van der Waals surface area contributed by atoms with Gasteiger partial charge in [0.25, 0.3) is 5.91 Å². The summed E-state index contributed by atoms with van der Waals surface area (Å²) in [4.78, 5) is 35.9. The molecule has 0 aliphatic heterocycles. The van der Waals surface area contributed by atoms with E-state index in [2.05, 4.69) is 15.4 Å². The average molecular weight is 368 g/mol. The number of hydrogen-bond donors (Lipinski definition) is 2. The fraction of sp³-hybridized carbons (Fsp3) is 0.286. The molecule has 2 rings (SSSR count). The van der Waals surface area contributed by atoms with E-state index in [9.17, 15) is 14.4 Å². The number of hydrogen-bond acceptors (Lipinski definition) is 4. The van der Waals surface area contributed by atoms with Gasteiger partial charge in [0.15, 0.2) is 0 Å². The molecule has 142 valence electrons. The topological polar surface area (TPSA) is 84.5 Å². The molecule has 0 heterocycles. The number of carbonyl (C=O) groups is 3. The van der Waals surface area contributed by atoms with E-state index in [-0.39, 0.29) is 30.6 Å². The van der Waals surface area contributed by atoms with Crippen LogP contribution in [0.15, 0.2) is 60.7 Å². The first kappa shape index (κ1) is 20.2. The molecule has 0 spiro atoms. The fourth-order valence-electron chi connectivity index (χ4n) is 2.59. The zero-order valence-electron chi connectivity index (χ0n) is 15.3. The van der Waals surface area contributed by atoms with Crippen LogP contribution in [0.2, 0.25) is 0 Å². The molecule has 0 bridgehead atoms. The zero-order valence-corrected chi connectivity index (χ0v) is 15.3. The Balaban J connectivity index is 1.96. The summed E-state index contributed by atoms with van der Waals surface area (Å²) in [5.74, 6) is -0.730. The van der Waals surface area contributed by atoms with Gasteiger partial charge in [-0.3, -0.25) is 14.4 Å². The Hall–Kier alpha value is -3.15. The van der Waals surface area contributed by atoms with Crippen LogP contribution in [0.1, 0.15) is 41.2 Å². The predicted octanol–water partition coefficient (Wildman–Crippen LogP) is 2.62. The second-order valence-electron chi connectivity index (χ2n) is 6.04. The van der Waals surface area contributed by atoms with Crippen LogP contribution in [-0.2, 0) is 14.3 Å². The van der Waals surface area contributed by atoms with Crippen LogP contribution in [0.5, 0.6) is 0 Å². The van der Waals surface area contributed by atoms with Gasteiger partial charge in [0.05, 0.1) is 19.6 Å². The van der Waals surface area contributed by atoms with E-state index in [4.69, 9.17) is 0 Å². The summed E-state index contributed by atoms with van der Waals surface area (Å²) in [6.07, 6.45) is 0.870. The molecule has 0 aromatic heterocycles. The monoisotopic (exact) mass is 368 g/mol. The molecule has 0 aliphatic rings. The quantitative estimate of drug-likeness (QED) is 0.526. The van der Waals surface area contributed by atoms with Crippen LogP contribution in [0, 0.1) is 0 Å². The highest BCUT2D eigenvalue weighted by atomic mass is 16.5. The lowest BCUT2D eigenvalue weighted by Gasteiger charge is -2.19. The van der Waals surface area contributed by atoms with E-state index in [1.165, 1.54) is 7.11 Å². The number of ether oxygens (including phenoxy) is 1. The SMILES string of the molecule is COC(=O)CCCNC(=O)CC(NC(=O)c1ccccc1)c1ccccc1. The molecular formula is C21H24N2O4. The molecule has 0 saturated heterocycles. The Kier molecular flexibility index (Phi) is 8.03. The fourth-order valence-corrected chi connectivity index (χ4v) is 2.59. The first-order chi connectivity index (χ1) is 13.1. The van der Waals surface area contributed by atoms with Crippen molar-refractivity contribution in [2.75, 3.05) is 13.7 Å². The van der Waals surface area contributed by atoms with Crippen molar-refractivity contribution in [2.45, 2.75) is 25.3 Å². The van der Waals surface area contributed by atoms with E-state index in [1.807, 2.05) is 36.4 Å². The van der Waals surface area contributed by atoms with Crippen LogP contribution < -0.4 is 10.6 Å². The highest BCUT2D eigenvalue weighted by Crippen LogP contribution is 2.17. The summed E-state index contributed by atoms with van der Waals surface area (Å²) < 4.78 is 4.57. The van der Waals surface area contributed by atoms with Crippen molar-refractivity contribution in [1.82, 2.24) is 10.6 Å². The molecule has 2 amide bonds. The molecule has 6 heteroatoms. The molecule has 0 aliphatic carbocycles. The van der Waals surface area contributed by atoms with Gasteiger partial charge in [-0.2, -0.15) is 0 Å². The number of esters is 1. The smallest absolute Gasteiger partial charge is 0.305 e. The standard InChI is InChI=1S/C21H24N2O4/c1-27-20(25)13-8-14-22-19(24)15-18(16-9-4-2-5-10-16)23-21(26)17-11-6-3-7-12-17/h2-7,9-12,18H,8,13-15H2,1H3,(H,22,24)(H,23,26). The molecule has 0 radical (unpaired) electrons. The van der Waals surface area contributed by atoms with Gasteiger partial charge in [-0.15, -0.1) is 0 Å². The Bertz CT molecular complexity index is 747. The Labute approximate surface area is 158 Å². The van der Waals surface area contributed by atoms with Gasteiger partial charge in [-0.05, 0) is 24.1 Å². The van der Waals surface area contributed by atoms with Crippen molar-refractivity contribution >= 4 is 17.8 Å². The third kappa shape index (κ3) is 6.93. The van der Waals surface area contributed by atoms with Crippen LogP contribution in [0.4, 0.5) is 0 Å². The Morgan fingerprint density at radius 1 is 0.963 bits per heavy atom. The average Bonchev–Trinajstić information content (AvgIpc) is 2.71. The van der Waals surface area contributed by atoms with E-state index < -0.39 is 6.04 Å². The van der Waals surface area contributed by atoms with E-state index in [0.717, 1.165) is 5.56 Å². The minimum absolute atomic E-state index is 0.112. The van der Waals surface area contributed by atoms with Crippen LogP contribution in [0.3, 0.4) is 0 Å².